The van der Waals surface area contributed by atoms with Gasteiger partial charge in [-0.25, -0.2) is 0 Å². The topological polar surface area (TPSA) is 0 Å². The quantitative estimate of drug-likeness (QED) is 0.0969. The molecular weight excluding hydrogens is 411 g/mol. The Morgan fingerprint density at radius 2 is 0.517 bits per heavy atom. The van der Waals surface area contributed by atoms with Crippen LogP contribution in [0.3, 0.4) is 0 Å². The Bertz CT molecular complexity index is 277. The Labute approximate surface area is 190 Å². The van der Waals surface area contributed by atoms with Crippen LogP contribution in [-0.2, 0) is 0 Å². The summed E-state index contributed by atoms with van der Waals surface area (Å²) in [6.07, 6.45) is 29.7. The molecule has 0 nitrogen and oxygen atoms in total. The fourth-order valence-electron chi connectivity index (χ4n) is 4.79. The van der Waals surface area contributed by atoms with E-state index in [1.165, 1.54) is 122 Å². The number of hydrogen-bond acceptors (Lipinski definition) is 0. The van der Waals surface area contributed by atoms with Crippen molar-refractivity contribution >= 4 is 13.6 Å². The zero-order chi connectivity index (χ0) is 21.5. The molecule has 0 saturated heterocycles. The van der Waals surface area contributed by atoms with Crippen molar-refractivity contribution in [2.45, 2.75) is 177 Å². The molecule has 0 bridgehead atoms. The van der Waals surface area contributed by atoms with Crippen LogP contribution in [0.4, 0.5) is 0 Å². The van der Waals surface area contributed by atoms with Crippen molar-refractivity contribution in [1.29, 1.82) is 0 Å². The number of unbranched alkanes of at least 4 members (excludes halogenated alkanes) is 16. The molecule has 0 aliphatic rings. The zero-order valence-electron chi connectivity index (χ0n) is 21.4. The van der Waals surface area contributed by atoms with E-state index in [1.54, 1.807) is 27.3 Å². The van der Waals surface area contributed by atoms with Gasteiger partial charge in [0.1, 0.15) is 0 Å². The fraction of sp³-hybridized carbons (Fsp3) is 1.00. The van der Waals surface area contributed by atoms with Gasteiger partial charge < -0.3 is 0 Å². The minimum absolute atomic E-state index is 1.35. The third-order valence-corrected chi connectivity index (χ3v) is 17.6. The van der Waals surface area contributed by atoms with Gasteiger partial charge in [0.25, 0.3) is 0 Å². The summed E-state index contributed by atoms with van der Waals surface area (Å²) in [5.41, 5.74) is 0. The van der Waals surface area contributed by atoms with E-state index < -0.39 is 13.6 Å². The first-order valence-electron chi connectivity index (χ1n) is 14.1. The van der Waals surface area contributed by atoms with E-state index in [2.05, 4.69) is 27.7 Å². The van der Waals surface area contributed by atoms with Crippen LogP contribution in [0.15, 0.2) is 0 Å². The van der Waals surface area contributed by atoms with Crippen LogP contribution < -0.4 is 0 Å². The van der Waals surface area contributed by atoms with E-state index in [9.17, 15) is 0 Å². The average Bonchev–Trinajstić information content (AvgIpc) is 2.74. The molecule has 0 aromatic rings. The van der Waals surface area contributed by atoms with Gasteiger partial charge in [0.2, 0.25) is 0 Å². The molecule has 0 heterocycles. The molecule has 0 rings (SSSR count). The second-order valence-electron chi connectivity index (χ2n) is 9.89. The van der Waals surface area contributed by atoms with Gasteiger partial charge in [-0.2, -0.15) is 0 Å². The third-order valence-electron chi connectivity index (χ3n) is 6.94. The monoisotopic (exact) mass is 471 g/mol. The van der Waals surface area contributed by atoms with Crippen molar-refractivity contribution in [2.75, 3.05) is 0 Å². The molecule has 0 N–H and O–H groups in total. The van der Waals surface area contributed by atoms with Crippen molar-refractivity contribution in [3.05, 3.63) is 0 Å². The van der Waals surface area contributed by atoms with Gasteiger partial charge in [-0.1, -0.05) is 26.2 Å². The Kier molecular flexibility index (Phi) is 23.7. The predicted molar refractivity (Wildman–Crippen MR) is 140 cm³/mol. The van der Waals surface area contributed by atoms with E-state index in [0.717, 1.165) is 0 Å². The molecule has 176 valence electrons. The SMILES string of the molecule is CCCCCCCCCCCCCCCC[As+](CCCC)(CCCC)CCCC. The van der Waals surface area contributed by atoms with Crippen LogP contribution in [0, 0.1) is 0 Å². The first kappa shape index (κ1) is 29.6. The van der Waals surface area contributed by atoms with Gasteiger partial charge in [-0.05, 0) is 0 Å². The Morgan fingerprint density at radius 1 is 0.276 bits per heavy atom. The van der Waals surface area contributed by atoms with Crippen LogP contribution in [0.25, 0.3) is 0 Å². The molecule has 0 radical (unpaired) electrons. The van der Waals surface area contributed by atoms with Gasteiger partial charge in [0, 0.05) is 0 Å². The van der Waals surface area contributed by atoms with Gasteiger partial charge in [-0.15, -0.1) is 0 Å². The summed E-state index contributed by atoms with van der Waals surface area (Å²) < 4.78 is 0. The molecule has 0 saturated carbocycles. The Morgan fingerprint density at radius 3 is 0.828 bits per heavy atom. The summed E-state index contributed by atoms with van der Waals surface area (Å²) >= 11 is -1.35. The first-order chi connectivity index (χ1) is 14.2. The average molecular weight is 472 g/mol. The maximum atomic E-state index is 2.40. The first-order valence-corrected chi connectivity index (χ1v) is 19.4. The number of rotatable bonds is 24. The minimum atomic E-state index is -1.35. The summed E-state index contributed by atoms with van der Waals surface area (Å²) in [5.74, 6) is 0. The number of hydrogen-bond donors (Lipinski definition) is 0. The molecule has 1 heteroatoms. The van der Waals surface area contributed by atoms with Crippen LogP contribution in [-0.4, -0.2) is 13.6 Å². The summed E-state index contributed by atoms with van der Waals surface area (Å²) in [6.45, 7) is 9.51. The van der Waals surface area contributed by atoms with Crippen LogP contribution in [0.1, 0.15) is 156 Å². The van der Waals surface area contributed by atoms with Gasteiger partial charge in [0.05, 0.1) is 0 Å². The summed E-state index contributed by atoms with van der Waals surface area (Å²) in [7, 11) is 0. The molecule has 0 fully saturated rings. The predicted octanol–water partition coefficient (Wildman–Crippen LogP) is 11.3. The molecule has 0 amide bonds. The Balaban J connectivity index is 3.79. The third kappa shape index (κ3) is 19.0. The van der Waals surface area contributed by atoms with Gasteiger partial charge in [0.15, 0.2) is 0 Å². The van der Waals surface area contributed by atoms with E-state index in [1.807, 2.05) is 0 Å². The van der Waals surface area contributed by atoms with Crippen molar-refractivity contribution in [3.8, 4) is 0 Å². The van der Waals surface area contributed by atoms with Crippen LogP contribution >= 0.6 is 0 Å². The molecule has 0 unspecified atom stereocenters. The van der Waals surface area contributed by atoms with E-state index in [0.29, 0.717) is 0 Å². The molecule has 0 aromatic carbocycles. The van der Waals surface area contributed by atoms with Crippen molar-refractivity contribution < 1.29 is 0 Å². The van der Waals surface area contributed by atoms with E-state index in [4.69, 9.17) is 0 Å². The fourth-order valence-corrected chi connectivity index (χ4v) is 15.7. The molecule has 29 heavy (non-hydrogen) atoms. The summed E-state index contributed by atoms with van der Waals surface area (Å²) in [6, 6.07) is 0. The standard InChI is InChI=1S/C28H60As/c1-5-9-13-14-15-16-17-18-19-20-21-22-23-24-28-29(25-10-6-2,26-11-7-3)27-12-8-4/h5-28H2,1-4H3/q+1. The van der Waals surface area contributed by atoms with Gasteiger partial charge >= 0.3 is 164 Å². The molecule has 0 atom stereocenters. The van der Waals surface area contributed by atoms with Gasteiger partial charge in [-0.3, -0.25) is 0 Å². The van der Waals surface area contributed by atoms with Crippen molar-refractivity contribution in [1.82, 2.24) is 0 Å². The molecule has 0 aliphatic carbocycles. The second kappa shape index (κ2) is 23.2. The second-order valence-corrected chi connectivity index (χ2v) is 19.3. The maximum absolute atomic E-state index is 2.40. The molecule has 0 aromatic heterocycles. The normalized spacial score (nSPS) is 12.0. The van der Waals surface area contributed by atoms with Crippen molar-refractivity contribution in [2.24, 2.45) is 0 Å². The van der Waals surface area contributed by atoms with E-state index >= 15 is 0 Å². The molecular formula is C28H60As+. The van der Waals surface area contributed by atoms with Crippen LogP contribution in [0.2, 0.25) is 20.8 Å². The zero-order valence-corrected chi connectivity index (χ0v) is 23.3. The molecule has 0 spiro atoms. The van der Waals surface area contributed by atoms with E-state index in [-0.39, 0.29) is 0 Å². The summed E-state index contributed by atoms with van der Waals surface area (Å²) in [5, 5.41) is 6.71. The Hall–Kier alpha value is 0.558. The van der Waals surface area contributed by atoms with Crippen LogP contribution in [0.5, 0.6) is 0 Å². The molecule has 0 aliphatic heterocycles. The summed E-state index contributed by atoms with van der Waals surface area (Å²) in [4.78, 5) is 0. The van der Waals surface area contributed by atoms with Crippen molar-refractivity contribution in [3.63, 3.8) is 0 Å².